The molecule has 2 aliphatic carbocycles. The summed E-state index contributed by atoms with van der Waals surface area (Å²) in [7, 11) is 0. The van der Waals surface area contributed by atoms with Crippen LogP contribution in [0.2, 0.25) is 0 Å². The molecular weight excluding hydrogens is 574 g/mol. The number of carbonyl (C=O) groups is 3. The molecule has 0 radical (unpaired) electrons. The van der Waals surface area contributed by atoms with Crippen LogP contribution >= 0.6 is 0 Å². The number of likely N-dealkylation sites (tertiary alicyclic amines) is 1. The summed E-state index contributed by atoms with van der Waals surface area (Å²) >= 11 is 0. The fraction of sp³-hybridized carbons (Fsp3) is 0.800. The summed E-state index contributed by atoms with van der Waals surface area (Å²) in [4.78, 5) is 41.5. The fourth-order valence-corrected chi connectivity index (χ4v) is 9.46. The van der Waals surface area contributed by atoms with Gasteiger partial charge in [0.05, 0.1) is 18.6 Å². The molecule has 0 bridgehead atoms. The number of amides is 1. The monoisotopic (exact) mass is 628 g/mol. The number of nitrogens with zero attached hydrogens (tertiary/aromatic N) is 1. The molecule has 5 fully saturated rings. The summed E-state index contributed by atoms with van der Waals surface area (Å²) in [6.07, 6.45) is 13.0. The SMILES string of the molecule is CC=C(C)C(=O)O[C@@]1(C)CC=C[C@@H](C2CC(N)[NH2+]CC2CC(=O)N2CCC2)[C@@]12CC1CC3CC(CCCO)C(=O)OC3CC1O2. The number of ether oxygens (including phenoxy) is 3. The Balaban J connectivity index is 1.32. The van der Waals surface area contributed by atoms with Crippen molar-refractivity contribution in [3.63, 3.8) is 0 Å². The van der Waals surface area contributed by atoms with Crippen molar-refractivity contribution in [2.24, 2.45) is 41.2 Å². The molecule has 8 unspecified atom stereocenters. The number of fused-ring (bicyclic) bond motifs is 2. The van der Waals surface area contributed by atoms with Crippen molar-refractivity contribution in [3.8, 4) is 0 Å². The van der Waals surface area contributed by atoms with Crippen LogP contribution in [-0.2, 0) is 28.6 Å². The number of nitrogens with two attached hydrogens (primary N) is 2. The third-order valence-corrected chi connectivity index (χ3v) is 12.3. The molecule has 10 nitrogen and oxygen atoms in total. The minimum atomic E-state index is -0.923. The van der Waals surface area contributed by atoms with Gasteiger partial charge in [-0.25, -0.2) is 4.79 Å². The van der Waals surface area contributed by atoms with E-state index in [-0.39, 0.29) is 78.3 Å². The van der Waals surface area contributed by atoms with Crippen molar-refractivity contribution in [2.75, 3.05) is 26.2 Å². The van der Waals surface area contributed by atoms with Crippen LogP contribution < -0.4 is 11.1 Å². The maximum atomic E-state index is 13.4. The number of piperidine rings is 1. The van der Waals surface area contributed by atoms with Crippen molar-refractivity contribution in [3.05, 3.63) is 23.8 Å². The van der Waals surface area contributed by atoms with Crippen molar-refractivity contribution >= 4 is 17.8 Å². The molecule has 10 heteroatoms. The Morgan fingerprint density at radius 1 is 1.20 bits per heavy atom. The van der Waals surface area contributed by atoms with E-state index in [9.17, 15) is 19.5 Å². The van der Waals surface area contributed by atoms with Crippen LogP contribution in [0.15, 0.2) is 23.8 Å². The number of quaternary nitrogens is 1. The van der Waals surface area contributed by atoms with Gasteiger partial charge in [0.1, 0.15) is 23.5 Å². The lowest BCUT2D eigenvalue weighted by atomic mass is 9.58. The highest BCUT2D eigenvalue weighted by molar-refractivity contribution is 5.88. The molecule has 1 amide bonds. The minimum absolute atomic E-state index is 0.0707. The molecule has 250 valence electrons. The smallest absolute Gasteiger partial charge is 0.334 e. The summed E-state index contributed by atoms with van der Waals surface area (Å²) in [6, 6.07) is 0. The minimum Gasteiger partial charge on any atom is -0.462 e. The van der Waals surface area contributed by atoms with Gasteiger partial charge in [-0.05, 0) is 77.0 Å². The van der Waals surface area contributed by atoms with Gasteiger partial charge >= 0.3 is 11.9 Å². The predicted octanol–water partition coefficient (Wildman–Crippen LogP) is 2.20. The van der Waals surface area contributed by atoms with E-state index in [4.69, 9.17) is 19.9 Å². The van der Waals surface area contributed by atoms with E-state index in [0.29, 0.717) is 37.7 Å². The molecule has 0 aromatic heterocycles. The predicted molar refractivity (Wildman–Crippen MR) is 166 cm³/mol. The number of hydrogen-bond donors (Lipinski definition) is 3. The van der Waals surface area contributed by atoms with Crippen molar-refractivity contribution < 1.29 is 39.0 Å². The molecule has 5 N–H and O–H groups in total. The highest BCUT2D eigenvalue weighted by Crippen LogP contribution is 2.60. The number of carbonyl (C=O) groups excluding carboxylic acids is 3. The molecule has 45 heavy (non-hydrogen) atoms. The van der Waals surface area contributed by atoms with Crippen LogP contribution in [0.3, 0.4) is 0 Å². The molecule has 0 aromatic carbocycles. The molecule has 6 aliphatic rings. The van der Waals surface area contributed by atoms with E-state index in [1.54, 1.807) is 13.0 Å². The number of aliphatic hydroxyl groups is 1. The zero-order chi connectivity index (χ0) is 31.9. The van der Waals surface area contributed by atoms with E-state index < -0.39 is 11.2 Å². The molecule has 4 aliphatic heterocycles. The second kappa shape index (κ2) is 13.1. The number of rotatable bonds is 8. The summed E-state index contributed by atoms with van der Waals surface area (Å²) in [6.45, 7) is 8.19. The lowest BCUT2D eigenvalue weighted by molar-refractivity contribution is -0.706. The molecule has 0 aromatic rings. The Morgan fingerprint density at radius 2 is 2.00 bits per heavy atom. The first kappa shape index (κ1) is 32.7. The van der Waals surface area contributed by atoms with E-state index >= 15 is 0 Å². The van der Waals surface area contributed by atoms with E-state index in [1.165, 1.54) is 0 Å². The van der Waals surface area contributed by atoms with Crippen LogP contribution in [0.25, 0.3) is 0 Å². The standard InChI is InChI=1S/C35H53N3O7/c1-4-21(2)32(41)45-34(3)10-5-9-27(26-17-30(36)37-20-25(26)16-31(40)38-11-7-12-38)35(34)19-24-15-23-14-22(8-6-13-39)33(42)43-28(23)18-29(24)44-35/h4-5,9,22-30,37,39H,6-8,10-20,36H2,1-3H3/p+1/t22?,23?,24?,25?,26?,27-,28?,29?,30?,34-,35-/m0/s1. The number of esters is 2. The summed E-state index contributed by atoms with van der Waals surface area (Å²) in [5.74, 6) is 0.181. The Labute approximate surface area is 267 Å². The Morgan fingerprint density at radius 3 is 2.71 bits per heavy atom. The van der Waals surface area contributed by atoms with Crippen molar-refractivity contribution in [1.82, 2.24) is 4.90 Å². The second-order valence-electron chi connectivity index (χ2n) is 15.0. The highest BCUT2D eigenvalue weighted by Gasteiger charge is 2.66. The van der Waals surface area contributed by atoms with E-state index in [1.807, 2.05) is 18.7 Å². The number of allylic oxidation sites excluding steroid dienone is 1. The largest absolute Gasteiger partial charge is 0.462 e. The van der Waals surface area contributed by atoms with Crippen LogP contribution in [0.5, 0.6) is 0 Å². The van der Waals surface area contributed by atoms with Gasteiger partial charge in [0, 0.05) is 62.8 Å². The van der Waals surface area contributed by atoms with Gasteiger partial charge in [-0.3, -0.25) is 15.3 Å². The summed E-state index contributed by atoms with van der Waals surface area (Å²) in [5.41, 5.74) is 5.44. The van der Waals surface area contributed by atoms with Gasteiger partial charge in [0.15, 0.2) is 0 Å². The maximum absolute atomic E-state index is 13.4. The Kier molecular flexibility index (Phi) is 9.50. The summed E-state index contributed by atoms with van der Waals surface area (Å²) < 4.78 is 19.8. The van der Waals surface area contributed by atoms with Gasteiger partial charge in [-0.1, -0.05) is 18.2 Å². The fourth-order valence-electron chi connectivity index (χ4n) is 9.46. The molecule has 4 heterocycles. The lowest BCUT2D eigenvalue weighted by Gasteiger charge is -2.54. The van der Waals surface area contributed by atoms with Crippen molar-refractivity contribution in [2.45, 2.75) is 115 Å². The van der Waals surface area contributed by atoms with Crippen LogP contribution in [0, 0.1) is 35.5 Å². The van der Waals surface area contributed by atoms with Crippen LogP contribution in [-0.4, -0.2) is 83.7 Å². The average molecular weight is 629 g/mol. The maximum Gasteiger partial charge on any atom is 0.334 e. The Bertz CT molecular complexity index is 1200. The zero-order valence-electron chi connectivity index (χ0n) is 27.3. The molecule has 1 saturated carbocycles. The van der Waals surface area contributed by atoms with E-state index in [2.05, 4.69) is 17.5 Å². The first-order valence-corrected chi connectivity index (χ1v) is 17.5. The van der Waals surface area contributed by atoms with Crippen LogP contribution in [0.4, 0.5) is 0 Å². The first-order valence-electron chi connectivity index (χ1n) is 17.5. The third-order valence-electron chi connectivity index (χ3n) is 12.3. The highest BCUT2D eigenvalue weighted by atomic mass is 16.6. The van der Waals surface area contributed by atoms with Gasteiger partial charge in [-0.2, -0.15) is 0 Å². The molecule has 11 atom stereocenters. The normalized spacial score (nSPS) is 42.9. The van der Waals surface area contributed by atoms with E-state index in [0.717, 1.165) is 51.7 Å². The molecule has 6 rings (SSSR count). The van der Waals surface area contributed by atoms with Crippen LogP contribution in [0.1, 0.15) is 85.0 Å². The zero-order valence-corrected chi connectivity index (χ0v) is 27.3. The summed E-state index contributed by atoms with van der Waals surface area (Å²) in [5, 5.41) is 11.5. The van der Waals surface area contributed by atoms with Crippen molar-refractivity contribution in [1.29, 1.82) is 0 Å². The number of aliphatic hydroxyl groups excluding tert-OH is 1. The average Bonchev–Trinajstić information content (AvgIpc) is 3.35. The Hall–Kier alpha value is -2.27. The third kappa shape index (κ3) is 6.12. The second-order valence-corrected chi connectivity index (χ2v) is 15.0. The van der Waals surface area contributed by atoms with Gasteiger partial charge < -0.3 is 29.5 Å². The van der Waals surface area contributed by atoms with Gasteiger partial charge in [0.2, 0.25) is 5.91 Å². The van der Waals surface area contributed by atoms with Gasteiger partial charge in [-0.15, -0.1) is 0 Å². The topological polar surface area (TPSA) is 145 Å². The first-order chi connectivity index (χ1) is 21.6. The molecular formula is C35H54N3O7+. The lowest BCUT2D eigenvalue weighted by Crippen LogP contribution is -2.96. The quantitative estimate of drug-likeness (QED) is 0.211. The van der Waals surface area contributed by atoms with Gasteiger partial charge in [0.25, 0.3) is 0 Å². The number of hydrogen-bond acceptors (Lipinski definition) is 8. The molecule has 4 saturated heterocycles. The molecule has 1 spiro atoms.